The summed E-state index contributed by atoms with van der Waals surface area (Å²) >= 11 is 0. The Morgan fingerprint density at radius 2 is 1.86 bits per heavy atom. The molecule has 2 saturated heterocycles. The summed E-state index contributed by atoms with van der Waals surface area (Å²) in [5.41, 5.74) is -0.530. The van der Waals surface area contributed by atoms with E-state index >= 15 is 0 Å². The van der Waals surface area contributed by atoms with Crippen molar-refractivity contribution in [2.45, 2.75) is 77.2 Å². The van der Waals surface area contributed by atoms with E-state index in [1.165, 1.54) is 0 Å². The fraction of sp³-hybridized carbons (Fsp3) is 0.938. The van der Waals surface area contributed by atoms with E-state index in [4.69, 9.17) is 4.74 Å². The van der Waals surface area contributed by atoms with Gasteiger partial charge in [-0.15, -0.1) is 0 Å². The zero-order valence-electron chi connectivity index (χ0n) is 14.0. The Hall–Kier alpha value is -0.810. The second-order valence-electron chi connectivity index (χ2n) is 7.74. The molecule has 2 aliphatic rings. The number of nitrogens with zero attached hydrogens (tertiary/aromatic N) is 1. The quantitative estimate of drug-likeness (QED) is 0.821. The van der Waals surface area contributed by atoms with Gasteiger partial charge >= 0.3 is 6.03 Å². The highest BCUT2D eigenvalue weighted by atomic mass is 16.5. The molecule has 2 atom stereocenters. The molecule has 0 bridgehead atoms. The highest BCUT2D eigenvalue weighted by Gasteiger charge is 2.46. The van der Waals surface area contributed by atoms with E-state index in [9.17, 15) is 9.90 Å². The molecule has 0 aliphatic carbocycles. The Morgan fingerprint density at radius 1 is 1.29 bits per heavy atom. The molecule has 5 nitrogen and oxygen atoms in total. The van der Waals surface area contributed by atoms with Crippen molar-refractivity contribution >= 4 is 6.03 Å². The van der Waals surface area contributed by atoms with Crippen LogP contribution in [-0.2, 0) is 4.74 Å². The van der Waals surface area contributed by atoms with Crippen LogP contribution in [0, 0.1) is 5.92 Å². The number of hydrogen-bond donors (Lipinski definition) is 2. The van der Waals surface area contributed by atoms with Gasteiger partial charge in [-0.1, -0.05) is 0 Å². The van der Waals surface area contributed by atoms with Crippen LogP contribution in [-0.4, -0.2) is 52.5 Å². The lowest BCUT2D eigenvalue weighted by Crippen LogP contribution is -2.53. The SMILES string of the molecule is CC(O)C1CCN(C(=O)NC2CC(C)(C)OC2(C)C)CC1. The Kier molecular flexibility index (Phi) is 4.54. The fourth-order valence-electron chi connectivity index (χ4n) is 3.61. The summed E-state index contributed by atoms with van der Waals surface area (Å²) < 4.78 is 6.02. The highest BCUT2D eigenvalue weighted by Crippen LogP contribution is 2.37. The minimum atomic E-state index is -0.336. The van der Waals surface area contributed by atoms with Gasteiger partial charge < -0.3 is 20.1 Å². The number of piperidine rings is 1. The Morgan fingerprint density at radius 3 is 2.29 bits per heavy atom. The fourth-order valence-corrected chi connectivity index (χ4v) is 3.61. The number of hydrogen-bond acceptors (Lipinski definition) is 3. The zero-order valence-corrected chi connectivity index (χ0v) is 14.0. The maximum atomic E-state index is 12.4. The third-order valence-corrected chi connectivity index (χ3v) is 4.88. The number of ether oxygens (including phenoxy) is 1. The maximum absolute atomic E-state index is 12.4. The topological polar surface area (TPSA) is 61.8 Å². The number of rotatable bonds is 2. The zero-order chi connectivity index (χ0) is 15.8. The summed E-state index contributed by atoms with van der Waals surface area (Å²) in [5.74, 6) is 0.319. The van der Waals surface area contributed by atoms with Crippen LogP contribution in [0.5, 0.6) is 0 Å². The molecule has 2 unspecified atom stereocenters. The third-order valence-electron chi connectivity index (χ3n) is 4.88. The lowest BCUT2D eigenvalue weighted by molar-refractivity contribution is -0.0693. The lowest BCUT2D eigenvalue weighted by atomic mass is 9.92. The molecule has 2 rings (SSSR count). The Bertz CT molecular complexity index is 385. The molecule has 0 radical (unpaired) electrons. The first kappa shape index (κ1) is 16.6. The molecule has 0 saturated carbocycles. The number of nitrogens with one attached hydrogen (secondary N) is 1. The second kappa shape index (κ2) is 5.76. The van der Waals surface area contributed by atoms with Gasteiger partial charge in [-0.05, 0) is 59.8 Å². The van der Waals surface area contributed by atoms with Gasteiger partial charge in [0.1, 0.15) is 0 Å². The summed E-state index contributed by atoms with van der Waals surface area (Å²) in [6.07, 6.45) is 2.30. The number of amides is 2. The molecule has 2 fully saturated rings. The maximum Gasteiger partial charge on any atom is 0.317 e. The second-order valence-corrected chi connectivity index (χ2v) is 7.74. The van der Waals surface area contributed by atoms with Gasteiger partial charge in [0.25, 0.3) is 0 Å². The van der Waals surface area contributed by atoms with E-state index in [1.807, 2.05) is 25.7 Å². The first-order valence-corrected chi connectivity index (χ1v) is 8.04. The first-order chi connectivity index (χ1) is 9.61. The molecular weight excluding hydrogens is 268 g/mol. The van der Waals surface area contributed by atoms with Crippen LogP contribution in [0.3, 0.4) is 0 Å². The van der Waals surface area contributed by atoms with Gasteiger partial charge in [0.05, 0.1) is 23.3 Å². The normalized spacial score (nSPS) is 30.2. The molecular formula is C16H30N2O3. The lowest BCUT2D eigenvalue weighted by Gasteiger charge is -2.35. The molecule has 21 heavy (non-hydrogen) atoms. The van der Waals surface area contributed by atoms with E-state index in [-0.39, 0.29) is 29.4 Å². The molecule has 2 heterocycles. The van der Waals surface area contributed by atoms with Crippen LogP contribution >= 0.6 is 0 Å². The van der Waals surface area contributed by atoms with Gasteiger partial charge in [0, 0.05) is 13.1 Å². The van der Waals surface area contributed by atoms with E-state index in [2.05, 4.69) is 19.2 Å². The van der Waals surface area contributed by atoms with Crippen molar-refractivity contribution in [2.75, 3.05) is 13.1 Å². The number of carbonyl (C=O) groups is 1. The minimum absolute atomic E-state index is 0.00146. The molecule has 2 N–H and O–H groups in total. The van der Waals surface area contributed by atoms with Gasteiger partial charge in [-0.2, -0.15) is 0 Å². The van der Waals surface area contributed by atoms with Gasteiger partial charge in [0.15, 0.2) is 0 Å². The third kappa shape index (κ3) is 3.89. The number of urea groups is 1. The minimum Gasteiger partial charge on any atom is -0.393 e. The van der Waals surface area contributed by atoms with E-state index in [0.717, 1.165) is 32.4 Å². The standard InChI is InChI=1S/C16H30N2O3/c1-11(19)12-6-8-18(9-7-12)14(20)17-13-10-15(2,3)21-16(13,4)5/h11-13,19H,6-10H2,1-5H3,(H,17,20). The summed E-state index contributed by atoms with van der Waals surface area (Å²) in [6.45, 7) is 11.5. The molecule has 2 aliphatic heterocycles. The van der Waals surface area contributed by atoms with E-state index in [1.54, 1.807) is 0 Å². The van der Waals surface area contributed by atoms with Crippen LogP contribution in [0.15, 0.2) is 0 Å². The van der Waals surface area contributed by atoms with Crippen LogP contribution in [0.25, 0.3) is 0 Å². The number of aliphatic hydroxyl groups excluding tert-OH is 1. The number of carbonyl (C=O) groups excluding carboxylic acids is 1. The predicted molar refractivity (Wildman–Crippen MR) is 82.2 cm³/mol. The summed E-state index contributed by atoms with van der Waals surface area (Å²) in [5, 5.41) is 12.8. The van der Waals surface area contributed by atoms with E-state index < -0.39 is 0 Å². The predicted octanol–water partition coefficient (Wildman–Crippen LogP) is 2.13. The van der Waals surface area contributed by atoms with Crippen molar-refractivity contribution in [1.29, 1.82) is 0 Å². The summed E-state index contributed by atoms with van der Waals surface area (Å²) in [4.78, 5) is 14.3. The van der Waals surface area contributed by atoms with Crippen molar-refractivity contribution in [3.63, 3.8) is 0 Å². The molecule has 0 aromatic carbocycles. The smallest absolute Gasteiger partial charge is 0.317 e. The first-order valence-electron chi connectivity index (χ1n) is 8.04. The molecule has 122 valence electrons. The molecule has 5 heteroatoms. The number of likely N-dealkylation sites (tertiary alicyclic amines) is 1. The van der Waals surface area contributed by atoms with Crippen molar-refractivity contribution in [3.8, 4) is 0 Å². The van der Waals surface area contributed by atoms with Crippen molar-refractivity contribution in [2.24, 2.45) is 5.92 Å². The van der Waals surface area contributed by atoms with Gasteiger partial charge in [-0.25, -0.2) is 4.79 Å². The Balaban J connectivity index is 1.88. The van der Waals surface area contributed by atoms with Crippen LogP contribution in [0.2, 0.25) is 0 Å². The average molecular weight is 298 g/mol. The average Bonchev–Trinajstić information content (AvgIpc) is 2.57. The molecule has 0 aromatic heterocycles. The molecule has 2 amide bonds. The monoisotopic (exact) mass is 298 g/mol. The van der Waals surface area contributed by atoms with Gasteiger partial charge in [0.2, 0.25) is 0 Å². The van der Waals surface area contributed by atoms with E-state index in [0.29, 0.717) is 5.92 Å². The van der Waals surface area contributed by atoms with Crippen LogP contribution < -0.4 is 5.32 Å². The van der Waals surface area contributed by atoms with Gasteiger partial charge in [-0.3, -0.25) is 0 Å². The number of aliphatic hydroxyl groups is 1. The highest BCUT2D eigenvalue weighted by molar-refractivity contribution is 5.74. The Labute approximate surface area is 128 Å². The molecule has 0 aromatic rings. The van der Waals surface area contributed by atoms with Crippen LogP contribution in [0.4, 0.5) is 4.79 Å². The van der Waals surface area contributed by atoms with Crippen molar-refractivity contribution in [1.82, 2.24) is 10.2 Å². The molecule has 0 spiro atoms. The summed E-state index contributed by atoms with van der Waals surface area (Å²) in [6, 6.07) is 0.0351. The largest absolute Gasteiger partial charge is 0.393 e. The summed E-state index contributed by atoms with van der Waals surface area (Å²) in [7, 11) is 0. The van der Waals surface area contributed by atoms with Crippen molar-refractivity contribution < 1.29 is 14.6 Å². The van der Waals surface area contributed by atoms with Crippen LogP contribution in [0.1, 0.15) is 53.9 Å². The van der Waals surface area contributed by atoms with Crippen molar-refractivity contribution in [3.05, 3.63) is 0 Å².